The van der Waals surface area contributed by atoms with Crippen molar-refractivity contribution in [3.8, 4) is 11.5 Å². The SMILES string of the molecule is COc1cc(C2C(C(=O)Nc3ccccc3)=C(C)Nc3ncnn32)ccc1OCc1c(Cl)cccc1Cl. The van der Waals surface area contributed by atoms with Crippen molar-refractivity contribution >= 4 is 40.7 Å². The molecule has 0 saturated heterocycles. The molecule has 0 fully saturated rings. The predicted molar refractivity (Wildman–Crippen MR) is 143 cm³/mol. The van der Waals surface area contributed by atoms with Gasteiger partial charge in [-0.05, 0) is 48.9 Å². The summed E-state index contributed by atoms with van der Waals surface area (Å²) in [7, 11) is 1.56. The predicted octanol–water partition coefficient (Wildman–Crippen LogP) is 6.10. The van der Waals surface area contributed by atoms with Crippen LogP contribution in [0.2, 0.25) is 10.0 Å². The molecule has 10 heteroatoms. The second kappa shape index (κ2) is 10.5. The van der Waals surface area contributed by atoms with E-state index in [4.69, 9.17) is 32.7 Å². The number of allylic oxidation sites excluding steroid dienone is 1. The minimum Gasteiger partial charge on any atom is -0.493 e. The van der Waals surface area contributed by atoms with E-state index in [1.54, 1.807) is 36.1 Å². The van der Waals surface area contributed by atoms with Crippen LogP contribution in [-0.2, 0) is 11.4 Å². The van der Waals surface area contributed by atoms with E-state index in [0.29, 0.717) is 50.0 Å². The van der Waals surface area contributed by atoms with Crippen molar-refractivity contribution in [2.45, 2.75) is 19.6 Å². The van der Waals surface area contributed by atoms with Crippen LogP contribution in [0.3, 0.4) is 0 Å². The zero-order chi connectivity index (χ0) is 25.9. The van der Waals surface area contributed by atoms with E-state index in [0.717, 1.165) is 5.56 Å². The van der Waals surface area contributed by atoms with Gasteiger partial charge in [0.1, 0.15) is 19.0 Å². The van der Waals surface area contributed by atoms with Gasteiger partial charge in [0.05, 0.1) is 12.7 Å². The number of fused-ring (bicyclic) bond motifs is 1. The maximum absolute atomic E-state index is 13.5. The lowest BCUT2D eigenvalue weighted by atomic mass is 9.94. The van der Waals surface area contributed by atoms with Crippen LogP contribution < -0.4 is 20.1 Å². The van der Waals surface area contributed by atoms with Gasteiger partial charge in [0, 0.05) is 27.0 Å². The molecule has 4 aromatic rings. The van der Waals surface area contributed by atoms with Gasteiger partial charge >= 0.3 is 0 Å². The highest BCUT2D eigenvalue weighted by atomic mass is 35.5. The maximum Gasteiger partial charge on any atom is 0.255 e. The molecule has 0 saturated carbocycles. The number of amides is 1. The minimum absolute atomic E-state index is 0.165. The van der Waals surface area contributed by atoms with Gasteiger partial charge in [-0.15, -0.1) is 0 Å². The normalized spacial score (nSPS) is 14.5. The summed E-state index contributed by atoms with van der Waals surface area (Å²) in [5, 5.41) is 11.6. The number of nitrogens with one attached hydrogen (secondary N) is 2. The molecule has 8 nitrogen and oxygen atoms in total. The summed E-state index contributed by atoms with van der Waals surface area (Å²) in [5.74, 6) is 1.27. The Kier molecular flexibility index (Phi) is 7.03. The third kappa shape index (κ3) is 4.98. The van der Waals surface area contributed by atoms with Gasteiger partial charge in [0.25, 0.3) is 5.91 Å². The van der Waals surface area contributed by atoms with Gasteiger partial charge in [-0.3, -0.25) is 4.79 Å². The van der Waals surface area contributed by atoms with Crippen molar-refractivity contribution in [1.82, 2.24) is 14.8 Å². The lowest BCUT2D eigenvalue weighted by Gasteiger charge is -2.29. The van der Waals surface area contributed by atoms with Crippen molar-refractivity contribution in [2.75, 3.05) is 17.7 Å². The molecular formula is C27H23Cl2N5O3. The second-order valence-corrected chi connectivity index (χ2v) is 9.13. The molecule has 188 valence electrons. The van der Waals surface area contributed by atoms with E-state index in [1.807, 2.05) is 49.4 Å². The first-order valence-electron chi connectivity index (χ1n) is 11.4. The third-order valence-corrected chi connectivity index (χ3v) is 6.72. The molecule has 1 aliphatic rings. The maximum atomic E-state index is 13.5. The van der Waals surface area contributed by atoms with Gasteiger partial charge in [0.15, 0.2) is 11.5 Å². The summed E-state index contributed by atoms with van der Waals surface area (Å²) in [6.45, 7) is 2.01. The smallest absolute Gasteiger partial charge is 0.255 e. The molecule has 0 bridgehead atoms. The van der Waals surface area contributed by atoms with Crippen molar-refractivity contribution in [3.05, 3.63) is 105 Å². The molecule has 0 radical (unpaired) electrons. The molecule has 1 unspecified atom stereocenters. The Morgan fingerprint density at radius 2 is 1.81 bits per heavy atom. The number of nitrogens with zero attached hydrogens (tertiary/aromatic N) is 3. The molecule has 5 rings (SSSR count). The van der Waals surface area contributed by atoms with Crippen LogP contribution in [-0.4, -0.2) is 27.8 Å². The first-order valence-corrected chi connectivity index (χ1v) is 12.2. The summed E-state index contributed by atoms with van der Waals surface area (Å²) in [6, 6.07) is 19.5. The van der Waals surface area contributed by atoms with E-state index < -0.39 is 6.04 Å². The second-order valence-electron chi connectivity index (χ2n) is 8.31. The fourth-order valence-electron chi connectivity index (χ4n) is 4.21. The molecule has 1 aliphatic heterocycles. The first-order chi connectivity index (χ1) is 18.0. The Morgan fingerprint density at radius 1 is 1.05 bits per heavy atom. The molecule has 2 heterocycles. The minimum atomic E-state index is -0.552. The number of halogens is 2. The van der Waals surface area contributed by atoms with Gasteiger partial charge < -0.3 is 20.1 Å². The number of carbonyl (C=O) groups excluding carboxylic acids is 1. The van der Waals surface area contributed by atoms with Crippen LogP contribution in [0, 0.1) is 0 Å². The summed E-state index contributed by atoms with van der Waals surface area (Å²) in [4.78, 5) is 17.8. The molecule has 1 amide bonds. The summed E-state index contributed by atoms with van der Waals surface area (Å²) < 4.78 is 13.3. The Bertz CT molecular complexity index is 1470. The highest BCUT2D eigenvalue weighted by molar-refractivity contribution is 6.35. The number of ether oxygens (including phenoxy) is 2. The zero-order valence-corrected chi connectivity index (χ0v) is 21.5. The van der Waals surface area contributed by atoms with Crippen LogP contribution in [0.1, 0.15) is 24.1 Å². The van der Waals surface area contributed by atoms with Gasteiger partial charge in [0.2, 0.25) is 5.95 Å². The average molecular weight is 536 g/mol. The quantitative estimate of drug-likeness (QED) is 0.297. The lowest BCUT2D eigenvalue weighted by molar-refractivity contribution is -0.113. The Labute approximate surface area is 223 Å². The van der Waals surface area contributed by atoms with Crippen LogP contribution in [0.25, 0.3) is 0 Å². The number of methoxy groups -OCH3 is 1. The van der Waals surface area contributed by atoms with Crippen LogP contribution >= 0.6 is 23.2 Å². The summed E-state index contributed by atoms with van der Waals surface area (Å²) in [6.07, 6.45) is 1.45. The largest absolute Gasteiger partial charge is 0.493 e. The van der Waals surface area contributed by atoms with E-state index >= 15 is 0 Å². The highest BCUT2D eigenvalue weighted by Crippen LogP contribution is 2.39. The van der Waals surface area contributed by atoms with Crippen molar-refractivity contribution < 1.29 is 14.3 Å². The zero-order valence-electron chi connectivity index (χ0n) is 20.0. The van der Waals surface area contributed by atoms with Gasteiger partial charge in [-0.1, -0.05) is 53.5 Å². The molecule has 1 aromatic heterocycles. The third-order valence-electron chi connectivity index (χ3n) is 6.01. The monoisotopic (exact) mass is 535 g/mol. The van der Waals surface area contributed by atoms with Crippen molar-refractivity contribution in [2.24, 2.45) is 0 Å². The van der Waals surface area contributed by atoms with Crippen LogP contribution in [0.4, 0.5) is 11.6 Å². The lowest BCUT2D eigenvalue weighted by Crippen LogP contribution is -2.31. The molecule has 0 spiro atoms. The summed E-state index contributed by atoms with van der Waals surface area (Å²) in [5.41, 5.74) is 3.31. The molecule has 3 aromatic carbocycles. The fourth-order valence-corrected chi connectivity index (χ4v) is 4.71. The Balaban J connectivity index is 1.48. The number of hydrogen-bond donors (Lipinski definition) is 2. The first kappa shape index (κ1) is 24.7. The number of carbonyl (C=O) groups is 1. The standard InChI is InChI=1S/C27H23Cl2N5O3/c1-16-24(26(35)33-18-7-4-3-5-8-18)25(34-27(32-16)30-15-31-34)17-11-12-22(23(13-17)36-2)37-14-19-20(28)9-6-10-21(19)29/h3-13,15,25H,14H2,1-2H3,(H,33,35)(H,30,31,32). The van der Waals surface area contributed by atoms with E-state index in [9.17, 15) is 4.79 Å². The topological polar surface area (TPSA) is 90.3 Å². The number of anilines is 2. The number of benzene rings is 3. The average Bonchev–Trinajstić information content (AvgIpc) is 3.36. The van der Waals surface area contributed by atoms with Crippen molar-refractivity contribution in [1.29, 1.82) is 0 Å². The number of hydrogen-bond acceptors (Lipinski definition) is 6. The summed E-state index contributed by atoms with van der Waals surface area (Å²) >= 11 is 12.6. The molecular weight excluding hydrogens is 513 g/mol. The fraction of sp³-hybridized carbons (Fsp3) is 0.148. The highest BCUT2D eigenvalue weighted by Gasteiger charge is 2.34. The number of rotatable bonds is 7. The number of aromatic nitrogens is 3. The molecule has 0 aliphatic carbocycles. The molecule has 37 heavy (non-hydrogen) atoms. The van der Waals surface area contributed by atoms with E-state index in [-0.39, 0.29) is 12.5 Å². The molecule has 1 atom stereocenters. The van der Waals surface area contributed by atoms with Gasteiger partial charge in [-0.2, -0.15) is 10.1 Å². The van der Waals surface area contributed by atoms with Crippen LogP contribution in [0.5, 0.6) is 11.5 Å². The van der Waals surface area contributed by atoms with E-state index in [2.05, 4.69) is 20.7 Å². The molecule has 2 N–H and O–H groups in total. The Hall–Kier alpha value is -4.01. The van der Waals surface area contributed by atoms with E-state index in [1.165, 1.54) is 6.33 Å². The van der Waals surface area contributed by atoms with Gasteiger partial charge in [-0.25, -0.2) is 4.68 Å². The number of para-hydroxylation sites is 1. The Morgan fingerprint density at radius 3 is 2.54 bits per heavy atom. The van der Waals surface area contributed by atoms with Crippen molar-refractivity contribution in [3.63, 3.8) is 0 Å². The van der Waals surface area contributed by atoms with Crippen LogP contribution in [0.15, 0.2) is 84.3 Å².